The lowest BCUT2D eigenvalue weighted by Crippen LogP contribution is -2.48. The molecular formula is C15H18ClN3O4S. The predicted molar refractivity (Wildman–Crippen MR) is 93.3 cm³/mol. The predicted octanol–water partition coefficient (Wildman–Crippen LogP) is 1.71. The number of benzene rings is 1. The summed E-state index contributed by atoms with van der Waals surface area (Å²) in [4.78, 5) is 34.7. The minimum atomic E-state index is -0.457. The van der Waals surface area contributed by atoms with Crippen LogP contribution in [0.25, 0.3) is 0 Å². The minimum absolute atomic E-state index is 0.0361. The van der Waals surface area contributed by atoms with Gasteiger partial charge in [-0.15, -0.1) is 0 Å². The number of rotatable bonds is 6. The van der Waals surface area contributed by atoms with E-state index >= 15 is 0 Å². The van der Waals surface area contributed by atoms with E-state index in [1.165, 1.54) is 0 Å². The number of carbonyl (C=O) groups excluding carboxylic acids is 3. The quantitative estimate of drug-likeness (QED) is 0.400. The zero-order valence-corrected chi connectivity index (χ0v) is 14.6. The van der Waals surface area contributed by atoms with Gasteiger partial charge in [-0.25, -0.2) is 0 Å². The largest absolute Gasteiger partial charge is 0.466 e. The number of carbonyl (C=O) groups is 3. The molecule has 0 atom stereocenters. The number of hydrogen-bond acceptors (Lipinski definition) is 5. The summed E-state index contributed by atoms with van der Waals surface area (Å²) in [6, 6.07) is 6.24. The summed E-state index contributed by atoms with van der Waals surface area (Å²) in [6.07, 6.45) is 0.625. The molecule has 0 saturated heterocycles. The molecule has 0 aliphatic rings. The zero-order valence-electron chi connectivity index (χ0n) is 13.1. The van der Waals surface area contributed by atoms with Gasteiger partial charge in [0.1, 0.15) is 0 Å². The van der Waals surface area contributed by atoms with Crippen LogP contribution in [0.2, 0.25) is 5.02 Å². The SMILES string of the molecule is CCCOC(=O)CCC(=O)NC(=S)NNC(=O)c1ccc(Cl)cc1. The molecule has 0 bridgehead atoms. The van der Waals surface area contributed by atoms with Crippen LogP contribution in [0.5, 0.6) is 0 Å². The third-order valence-corrected chi connectivity index (χ3v) is 3.13. The number of nitrogens with one attached hydrogen (secondary N) is 3. The molecule has 0 saturated carbocycles. The van der Waals surface area contributed by atoms with Crippen LogP contribution in [0.4, 0.5) is 0 Å². The fraction of sp³-hybridized carbons (Fsp3) is 0.333. The van der Waals surface area contributed by atoms with E-state index in [0.29, 0.717) is 17.2 Å². The van der Waals surface area contributed by atoms with E-state index in [4.69, 9.17) is 28.6 Å². The fourth-order valence-corrected chi connectivity index (χ4v) is 1.80. The van der Waals surface area contributed by atoms with Crippen molar-refractivity contribution in [2.24, 2.45) is 0 Å². The zero-order chi connectivity index (χ0) is 17.9. The molecule has 24 heavy (non-hydrogen) atoms. The number of hydrazine groups is 1. The van der Waals surface area contributed by atoms with Crippen LogP contribution in [0.15, 0.2) is 24.3 Å². The second-order valence-corrected chi connectivity index (χ2v) is 5.53. The van der Waals surface area contributed by atoms with Crippen molar-refractivity contribution in [1.82, 2.24) is 16.2 Å². The Bertz CT molecular complexity index is 607. The van der Waals surface area contributed by atoms with Crippen molar-refractivity contribution in [2.45, 2.75) is 26.2 Å². The second-order valence-electron chi connectivity index (χ2n) is 4.68. The first kappa shape index (κ1) is 19.9. The van der Waals surface area contributed by atoms with E-state index in [2.05, 4.69) is 16.2 Å². The molecule has 0 radical (unpaired) electrons. The first-order valence-electron chi connectivity index (χ1n) is 7.23. The van der Waals surface area contributed by atoms with Crippen molar-refractivity contribution in [1.29, 1.82) is 0 Å². The van der Waals surface area contributed by atoms with Crippen LogP contribution < -0.4 is 16.2 Å². The summed E-state index contributed by atoms with van der Waals surface area (Å²) >= 11 is 10.6. The molecule has 0 aromatic heterocycles. The van der Waals surface area contributed by atoms with E-state index in [1.807, 2.05) is 6.92 Å². The van der Waals surface area contributed by atoms with Crippen LogP contribution in [0.1, 0.15) is 36.5 Å². The van der Waals surface area contributed by atoms with Gasteiger partial charge in [-0.3, -0.25) is 25.2 Å². The molecule has 130 valence electrons. The first-order chi connectivity index (χ1) is 11.4. The Morgan fingerprint density at radius 3 is 2.42 bits per heavy atom. The highest BCUT2D eigenvalue weighted by Crippen LogP contribution is 2.08. The first-order valence-corrected chi connectivity index (χ1v) is 8.02. The molecule has 0 fully saturated rings. The number of hydrogen-bond donors (Lipinski definition) is 3. The third kappa shape index (κ3) is 7.89. The minimum Gasteiger partial charge on any atom is -0.466 e. The molecule has 9 heteroatoms. The van der Waals surface area contributed by atoms with Crippen LogP contribution in [-0.2, 0) is 14.3 Å². The number of thiocarbonyl (C=S) groups is 1. The van der Waals surface area contributed by atoms with Gasteiger partial charge in [0.15, 0.2) is 5.11 Å². The number of ether oxygens (including phenoxy) is 1. The Labute approximate surface area is 150 Å². The van der Waals surface area contributed by atoms with E-state index in [9.17, 15) is 14.4 Å². The second kappa shape index (κ2) is 10.6. The van der Waals surface area contributed by atoms with Gasteiger partial charge in [0.2, 0.25) is 5.91 Å². The van der Waals surface area contributed by atoms with E-state index in [0.717, 1.165) is 6.42 Å². The Balaban J connectivity index is 2.27. The highest BCUT2D eigenvalue weighted by molar-refractivity contribution is 7.80. The highest BCUT2D eigenvalue weighted by atomic mass is 35.5. The van der Waals surface area contributed by atoms with E-state index < -0.39 is 17.8 Å². The number of halogens is 1. The number of esters is 1. The Kier molecular flexibility index (Phi) is 8.74. The molecule has 2 amide bonds. The maximum absolute atomic E-state index is 11.8. The maximum Gasteiger partial charge on any atom is 0.306 e. The van der Waals surface area contributed by atoms with E-state index in [-0.39, 0.29) is 18.0 Å². The molecule has 3 N–H and O–H groups in total. The number of amides is 2. The van der Waals surface area contributed by atoms with Crippen LogP contribution in [-0.4, -0.2) is 29.5 Å². The standard InChI is InChI=1S/C15H18ClN3O4S/c1-2-9-23-13(21)8-7-12(20)17-15(24)19-18-14(22)10-3-5-11(16)6-4-10/h3-6H,2,7-9H2,1H3,(H,18,22)(H2,17,19,20,24). The maximum atomic E-state index is 11.8. The van der Waals surface area contributed by atoms with Crippen molar-refractivity contribution < 1.29 is 19.1 Å². The van der Waals surface area contributed by atoms with Gasteiger partial charge in [-0.2, -0.15) is 0 Å². The average molecular weight is 372 g/mol. The normalized spacial score (nSPS) is 9.75. The van der Waals surface area contributed by atoms with Crippen molar-refractivity contribution >= 4 is 46.7 Å². The van der Waals surface area contributed by atoms with Gasteiger partial charge in [0, 0.05) is 17.0 Å². The molecular weight excluding hydrogens is 354 g/mol. The molecule has 1 aromatic carbocycles. The summed E-state index contributed by atoms with van der Waals surface area (Å²) in [5, 5.41) is 2.78. The summed E-state index contributed by atoms with van der Waals surface area (Å²) < 4.78 is 4.85. The van der Waals surface area contributed by atoms with Crippen LogP contribution >= 0.6 is 23.8 Å². The van der Waals surface area contributed by atoms with Crippen molar-refractivity contribution in [3.8, 4) is 0 Å². The fourth-order valence-electron chi connectivity index (χ4n) is 1.51. The summed E-state index contributed by atoms with van der Waals surface area (Å²) in [5.74, 6) is -1.34. The molecule has 0 aliphatic heterocycles. The van der Waals surface area contributed by atoms with Crippen molar-refractivity contribution in [2.75, 3.05) is 6.61 Å². The average Bonchev–Trinajstić information content (AvgIpc) is 2.56. The topological polar surface area (TPSA) is 96.5 Å². The third-order valence-electron chi connectivity index (χ3n) is 2.67. The molecule has 0 spiro atoms. The van der Waals surface area contributed by atoms with Gasteiger partial charge in [0.05, 0.1) is 13.0 Å². The molecule has 1 rings (SSSR count). The Hall–Kier alpha value is -2.19. The smallest absolute Gasteiger partial charge is 0.306 e. The van der Waals surface area contributed by atoms with Gasteiger partial charge in [-0.1, -0.05) is 18.5 Å². The van der Waals surface area contributed by atoms with Gasteiger partial charge in [0.25, 0.3) is 5.91 Å². The van der Waals surface area contributed by atoms with Crippen molar-refractivity contribution in [3.63, 3.8) is 0 Å². The summed E-state index contributed by atoms with van der Waals surface area (Å²) in [5.41, 5.74) is 5.11. The van der Waals surface area contributed by atoms with Crippen LogP contribution in [0, 0.1) is 0 Å². The lowest BCUT2D eigenvalue weighted by molar-refractivity contribution is -0.144. The monoisotopic (exact) mass is 371 g/mol. The molecule has 0 aliphatic carbocycles. The highest BCUT2D eigenvalue weighted by Gasteiger charge is 2.10. The van der Waals surface area contributed by atoms with E-state index in [1.54, 1.807) is 24.3 Å². The summed E-state index contributed by atoms with van der Waals surface area (Å²) in [7, 11) is 0. The molecule has 7 nitrogen and oxygen atoms in total. The molecule has 1 aromatic rings. The molecule has 0 heterocycles. The Morgan fingerprint density at radius 2 is 1.79 bits per heavy atom. The van der Waals surface area contributed by atoms with Crippen molar-refractivity contribution in [3.05, 3.63) is 34.9 Å². The van der Waals surface area contributed by atoms with Crippen LogP contribution in [0.3, 0.4) is 0 Å². The lowest BCUT2D eigenvalue weighted by Gasteiger charge is -2.10. The molecule has 0 unspecified atom stereocenters. The van der Waals surface area contributed by atoms with Gasteiger partial charge < -0.3 is 10.1 Å². The van der Waals surface area contributed by atoms with Gasteiger partial charge in [-0.05, 0) is 42.9 Å². The lowest BCUT2D eigenvalue weighted by atomic mass is 10.2. The van der Waals surface area contributed by atoms with Gasteiger partial charge >= 0.3 is 5.97 Å². The summed E-state index contributed by atoms with van der Waals surface area (Å²) in [6.45, 7) is 2.21. The Morgan fingerprint density at radius 1 is 1.12 bits per heavy atom.